The molecule has 1 heterocycles. The summed E-state index contributed by atoms with van der Waals surface area (Å²) in [6.45, 7) is 3.82. The van der Waals surface area contributed by atoms with Crippen LogP contribution in [0.3, 0.4) is 0 Å². The van der Waals surface area contributed by atoms with E-state index in [0.717, 1.165) is 10.6 Å². The molecule has 5 nitrogen and oxygen atoms in total. The van der Waals surface area contributed by atoms with E-state index < -0.39 is 5.97 Å². The van der Waals surface area contributed by atoms with E-state index in [2.05, 4.69) is 4.98 Å². The second-order valence-electron chi connectivity index (χ2n) is 3.89. The molecule has 100 valence electrons. The molecule has 2 aromatic rings. The highest BCUT2D eigenvalue weighted by atomic mass is 32.1. The number of aromatic nitrogens is 1. The van der Waals surface area contributed by atoms with Crippen LogP contribution >= 0.6 is 11.3 Å². The number of carboxylic acid groups (broad SMARTS) is 1. The van der Waals surface area contributed by atoms with Crippen LogP contribution in [0.5, 0.6) is 16.7 Å². The molecular formula is C13H13NO4S. The summed E-state index contributed by atoms with van der Waals surface area (Å²) in [5.74, 6) is -0.350. The zero-order valence-electron chi connectivity index (χ0n) is 10.8. The van der Waals surface area contributed by atoms with Crippen LogP contribution in [-0.4, -0.2) is 23.2 Å². The Balaban J connectivity index is 2.36. The largest absolute Gasteiger partial charge is 0.497 e. The summed E-state index contributed by atoms with van der Waals surface area (Å²) in [6, 6.07) is 4.63. The second-order valence-corrected chi connectivity index (χ2v) is 5.06. The van der Waals surface area contributed by atoms with Gasteiger partial charge in [-0.15, -0.1) is 0 Å². The van der Waals surface area contributed by atoms with Gasteiger partial charge in [-0.1, -0.05) is 11.3 Å². The molecule has 1 aromatic heterocycles. The van der Waals surface area contributed by atoms with Crippen LogP contribution in [0.2, 0.25) is 0 Å². The average Bonchev–Trinajstić information content (AvgIpc) is 2.68. The highest BCUT2D eigenvalue weighted by molar-refractivity contribution is 7.13. The number of rotatable bonds is 4. The number of benzene rings is 1. The first kappa shape index (κ1) is 13.4. The number of hydrogen-bond donors (Lipinski definition) is 1. The van der Waals surface area contributed by atoms with E-state index in [0.29, 0.717) is 10.9 Å². The van der Waals surface area contributed by atoms with Crippen molar-refractivity contribution >= 4 is 17.3 Å². The second kappa shape index (κ2) is 5.27. The van der Waals surface area contributed by atoms with E-state index in [1.807, 2.05) is 13.8 Å². The lowest BCUT2D eigenvalue weighted by Gasteiger charge is -2.07. The third-order valence-electron chi connectivity index (χ3n) is 2.62. The minimum Gasteiger partial charge on any atom is -0.497 e. The lowest BCUT2D eigenvalue weighted by atomic mass is 10.2. The lowest BCUT2D eigenvalue weighted by molar-refractivity contribution is 0.0693. The quantitative estimate of drug-likeness (QED) is 0.930. The summed E-state index contributed by atoms with van der Waals surface area (Å²) in [5, 5.41) is 9.60. The predicted molar refractivity (Wildman–Crippen MR) is 71.6 cm³/mol. The third kappa shape index (κ3) is 2.85. The maximum absolute atomic E-state index is 11.2. The summed E-state index contributed by atoms with van der Waals surface area (Å²) in [5.41, 5.74) is 0.926. The van der Waals surface area contributed by atoms with Gasteiger partial charge in [0.1, 0.15) is 17.1 Å². The predicted octanol–water partition coefficient (Wildman–Crippen LogP) is 3.26. The van der Waals surface area contributed by atoms with Gasteiger partial charge in [0.15, 0.2) is 0 Å². The molecule has 6 heteroatoms. The number of aryl methyl sites for hydroxylation is 2. The van der Waals surface area contributed by atoms with Crippen LogP contribution in [0, 0.1) is 13.8 Å². The Bertz CT molecular complexity index is 602. The molecule has 2 rings (SSSR count). The molecule has 0 radical (unpaired) electrons. The van der Waals surface area contributed by atoms with E-state index >= 15 is 0 Å². The summed E-state index contributed by atoms with van der Waals surface area (Å²) in [6.07, 6.45) is 0. The van der Waals surface area contributed by atoms with Crippen molar-refractivity contribution in [3.63, 3.8) is 0 Å². The highest BCUT2D eigenvalue weighted by Crippen LogP contribution is 2.32. The normalized spacial score (nSPS) is 10.3. The van der Waals surface area contributed by atoms with E-state index in [4.69, 9.17) is 9.47 Å². The molecule has 0 atom stereocenters. The van der Waals surface area contributed by atoms with Crippen LogP contribution in [0.15, 0.2) is 18.2 Å². The van der Waals surface area contributed by atoms with Gasteiger partial charge in [-0.05, 0) is 32.0 Å². The van der Waals surface area contributed by atoms with Crippen LogP contribution in [0.25, 0.3) is 0 Å². The van der Waals surface area contributed by atoms with Gasteiger partial charge in [-0.2, -0.15) is 0 Å². The molecule has 19 heavy (non-hydrogen) atoms. The molecule has 0 fully saturated rings. The number of aromatic carboxylic acids is 1. The number of thiazole rings is 1. The van der Waals surface area contributed by atoms with Gasteiger partial charge in [-0.3, -0.25) is 0 Å². The number of methoxy groups -OCH3 is 1. The van der Waals surface area contributed by atoms with Gasteiger partial charge in [-0.25, -0.2) is 9.78 Å². The van der Waals surface area contributed by atoms with Crippen molar-refractivity contribution in [1.82, 2.24) is 4.98 Å². The molecule has 1 N–H and O–H groups in total. The zero-order chi connectivity index (χ0) is 14.0. The number of carboxylic acids is 1. The average molecular weight is 279 g/mol. The molecule has 1 aromatic carbocycles. The van der Waals surface area contributed by atoms with Crippen molar-refractivity contribution in [3.05, 3.63) is 34.3 Å². The van der Waals surface area contributed by atoms with Crippen molar-refractivity contribution in [2.75, 3.05) is 7.11 Å². The Hall–Kier alpha value is -2.08. The van der Waals surface area contributed by atoms with Crippen LogP contribution < -0.4 is 9.47 Å². The van der Waals surface area contributed by atoms with Gasteiger partial charge in [0.2, 0.25) is 0 Å². The van der Waals surface area contributed by atoms with Gasteiger partial charge in [0.25, 0.3) is 5.19 Å². The van der Waals surface area contributed by atoms with Gasteiger partial charge >= 0.3 is 5.97 Å². The molecule has 0 unspecified atom stereocenters. The van der Waals surface area contributed by atoms with Crippen molar-refractivity contribution in [2.24, 2.45) is 0 Å². The number of hydrogen-bond acceptors (Lipinski definition) is 5. The minimum absolute atomic E-state index is 0.0462. The molecule has 0 aliphatic heterocycles. The standard InChI is InChI=1S/C13H13NO4S/c1-7-8(2)19-13(14-7)18-11-5-4-9(17-3)6-10(11)12(15)16/h4-6H,1-3H3,(H,15,16). The zero-order valence-corrected chi connectivity index (χ0v) is 11.6. The van der Waals surface area contributed by atoms with Crippen molar-refractivity contribution in [2.45, 2.75) is 13.8 Å². The summed E-state index contributed by atoms with van der Waals surface area (Å²) >= 11 is 1.38. The number of ether oxygens (including phenoxy) is 2. The summed E-state index contributed by atoms with van der Waals surface area (Å²) < 4.78 is 10.5. The monoisotopic (exact) mass is 279 g/mol. The maximum atomic E-state index is 11.2. The Labute approximate surface area is 114 Å². The Morgan fingerprint density at radius 3 is 2.63 bits per heavy atom. The van der Waals surface area contributed by atoms with Gasteiger partial charge in [0, 0.05) is 4.88 Å². The summed E-state index contributed by atoms with van der Waals surface area (Å²) in [4.78, 5) is 16.5. The van der Waals surface area contributed by atoms with E-state index in [-0.39, 0.29) is 11.3 Å². The van der Waals surface area contributed by atoms with Crippen LogP contribution in [0.4, 0.5) is 0 Å². The Kier molecular flexibility index (Phi) is 3.71. The fourth-order valence-electron chi connectivity index (χ4n) is 1.47. The SMILES string of the molecule is COc1ccc(Oc2nc(C)c(C)s2)c(C(=O)O)c1. The lowest BCUT2D eigenvalue weighted by Crippen LogP contribution is -2.00. The first-order chi connectivity index (χ1) is 9.01. The minimum atomic E-state index is -1.07. The fourth-order valence-corrected chi connectivity index (χ4v) is 2.24. The van der Waals surface area contributed by atoms with Crippen molar-refractivity contribution in [1.29, 1.82) is 0 Å². The van der Waals surface area contributed by atoms with E-state index in [1.165, 1.54) is 24.5 Å². The molecule has 0 bridgehead atoms. The van der Waals surface area contributed by atoms with Crippen LogP contribution in [-0.2, 0) is 0 Å². The fraction of sp³-hybridized carbons (Fsp3) is 0.231. The number of carbonyl (C=O) groups is 1. The highest BCUT2D eigenvalue weighted by Gasteiger charge is 2.15. The topological polar surface area (TPSA) is 68.7 Å². The molecule has 0 saturated heterocycles. The molecule has 0 aliphatic carbocycles. The maximum Gasteiger partial charge on any atom is 0.339 e. The third-order valence-corrected chi connectivity index (χ3v) is 3.57. The van der Waals surface area contributed by atoms with Gasteiger partial charge < -0.3 is 14.6 Å². The molecule has 0 spiro atoms. The molecule has 0 aliphatic rings. The molecule has 0 saturated carbocycles. The van der Waals surface area contributed by atoms with Crippen molar-refractivity contribution < 1.29 is 19.4 Å². The van der Waals surface area contributed by atoms with Crippen molar-refractivity contribution in [3.8, 4) is 16.7 Å². The Morgan fingerprint density at radius 1 is 1.37 bits per heavy atom. The summed E-state index contributed by atoms with van der Waals surface area (Å²) in [7, 11) is 1.48. The smallest absolute Gasteiger partial charge is 0.339 e. The van der Waals surface area contributed by atoms with E-state index in [9.17, 15) is 9.90 Å². The van der Waals surface area contributed by atoms with Gasteiger partial charge in [0.05, 0.1) is 12.8 Å². The number of nitrogens with zero attached hydrogens (tertiary/aromatic N) is 1. The Morgan fingerprint density at radius 2 is 2.11 bits per heavy atom. The molecular weight excluding hydrogens is 266 g/mol. The first-order valence-corrected chi connectivity index (χ1v) is 6.36. The van der Waals surface area contributed by atoms with E-state index in [1.54, 1.807) is 12.1 Å². The van der Waals surface area contributed by atoms with Crippen LogP contribution in [0.1, 0.15) is 20.9 Å². The molecule has 0 amide bonds. The first-order valence-electron chi connectivity index (χ1n) is 5.54.